The van der Waals surface area contributed by atoms with Crippen molar-refractivity contribution in [3.05, 3.63) is 65.0 Å². The Labute approximate surface area is 127 Å². The van der Waals surface area contributed by atoms with Crippen LogP contribution >= 0.6 is 0 Å². The fourth-order valence-corrected chi connectivity index (χ4v) is 2.63. The van der Waals surface area contributed by atoms with Gasteiger partial charge in [0.2, 0.25) is 0 Å². The van der Waals surface area contributed by atoms with Gasteiger partial charge < -0.3 is 5.73 Å². The summed E-state index contributed by atoms with van der Waals surface area (Å²) in [4.78, 5) is 6.50. The highest BCUT2D eigenvalue weighted by Crippen LogP contribution is 2.23. The minimum Gasteiger partial charge on any atom is -0.329 e. The Morgan fingerprint density at radius 1 is 1.10 bits per heavy atom. The molecule has 1 aromatic heterocycles. The molecule has 2 rings (SSSR count). The number of rotatable bonds is 6. The first-order valence-electron chi connectivity index (χ1n) is 7.55. The number of hydrogen-bond acceptors (Lipinski definition) is 3. The molecule has 1 atom stereocenters. The zero-order valence-corrected chi connectivity index (χ0v) is 13.2. The number of nitrogens with two attached hydrogens (primary N) is 1. The van der Waals surface area contributed by atoms with E-state index in [0.29, 0.717) is 6.54 Å². The summed E-state index contributed by atoms with van der Waals surface area (Å²) in [7, 11) is 0. The van der Waals surface area contributed by atoms with E-state index >= 15 is 0 Å². The van der Waals surface area contributed by atoms with Gasteiger partial charge in [-0.2, -0.15) is 0 Å². The molecule has 112 valence electrons. The summed E-state index contributed by atoms with van der Waals surface area (Å²) in [5.74, 6) is 0. The van der Waals surface area contributed by atoms with E-state index < -0.39 is 0 Å². The van der Waals surface area contributed by atoms with E-state index in [9.17, 15) is 0 Å². The van der Waals surface area contributed by atoms with Gasteiger partial charge in [-0.25, -0.2) is 0 Å². The van der Waals surface area contributed by atoms with Crippen molar-refractivity contribution in [3.63, 3.8) is 0 Å². The summed E-state index contributed by atoms with van der Waals surface area (Å²) in [6, 6.07) is 11.0. The van der Waals surface area contributed by atoms with Crippen LogP contribution in [-0.4, -0.2) is 23.0 Å². The second-order valence-electron chi connectivity index (χ2n) is 5.51. The van der Waals surface area contributed by atoms with Gasteiger partial charge in [-0.3, -0.25) is 9.88 Å². The largest absolute Gasteiger partial charge is 0.329 e. The summed E-state index contributed by atoms with van der Waals surface area (Å²) in [5.41, 5.74) is 11.3. The molecule has 0 bridgehead atoms. The standard InChI is InChI=1S/C18H25N3/c1-4-21(13-16-7-9-20-10-8-16)18(12-19)17-6-5-14(2)15(3)11-17/h5-11,18H,4,12-13,19H2,1-3H3. The van der Waals surface area contributed by atoms with Gasteiger partial charge in [-0.1, -0.05) is 25.1 Å². The van der Waals surface area contributed by atoms with E-state index in [1.54, 1.807) is 0 Å². The lowest BCUT2D eigenvalue weighted by molar-refractivity contribution is 0.203. The molecule has 1 heterocycles. The van der Waals surface area contributed by atoms with Crippen molar-refractivity contribution in [2.24, 2.45) is 5.73 Å². The molecular formula is C18H25N3. The average Bonchev–Trinajstić information content (AvgIpc) is 2.51. The van der Waals surface area contributed by atoms with Gasteiger partial charge in [-0.05, 0) is 54.8 Å². The van der Waals surface area contributed by atoms with Crippen molar-refractivity contribution in [2.75, 3.05) is 13.1 Å². The Morgan fingerprint density at radius 3 is 2.38 bits per heavy atom. The molecule has 1 unspecified atom stereocenters. The van der Waals surface area contributed by atoms with Gasteiger partial charge in [0.05, 0.1) is 0 Å². The van der Waals surface area contributed by atoms with E-state index in [4.69, 9.17) is 5.73 Å². The molecule has 2 N–H and O–H groups in total. The number of aromatic nitrogens is 1. The van der Waals surface area contributed by atoms with E-state index in [-0.39, 0.29) is 6.04 Å². The van der Waals surface area contributed by atoms with Crippen molar-refractivity contribution in [1.29, 1.82) is 0 Å². The van der Waals surface area contributed by atoms with Crippen molar-refractivity contribution in [1.82, 2.24) is 9.88 Å². The fraction of sp³-hybridized carbons (Fsp3) is 0.389. The van der Waals surface area contributed by atoms with Gasteiger partial charge in [0, 0.05) is 31.5 Å². The molecule has 0 fully saturated rings. The number of likely N-dealkylation sites (N-methyl/N-ethyl adjacent to an activating group) is 1. The van der Waals surface area contributed by atoms with Crippen LogP contribution in [0.2, 0.25) is 0 Å². The average molecular weight is 283 g/mol. The minimum atomic E-state index is 0.252. The predicted molar refractivity (Wildman–Crippen MR) is 88.0 cm³/mol. The zero-order chi connectivity index (χ0) is 15.2. The number of aryl methyl sites for hydroxylation is 2. The van der Waals surface area contributed by atoms with Crippen LogP contribution in [0.4, 0.5) is 0 Å². The van der Waals surface area contributed by atoms with Crippen molar-refractivity contribution in [3.8, 4) is 0 Å². The fourth-order valence-electron chi connectivity index (χ4n) is 2.63. The number of nitrogens with zero attached hydrogens (tertiary/aromatic N) is 2. The Bertz CT molecular complexity index is 566. The quantitative estimate of drug-likeness (QED) is 0.885. The number of benzene rings is 1. The second-order valence-corrected chi connectivity index (χ2v) is 5.51. The summed E-state index contributed by atoms with van der Waals surface area (Å²) in [6.45, 7) is 8.98. The van der Waals surface area contributed by atoms with Gasteiger partial charge in [0.25, 0.3) is 0 Å². The maximum Gasteiger partial charge on any atom is 0.0473 e. The van der Waals surface area contributed by atoms with E-state index in [1.165, 1.54) is 22.3 Å². The van der Waals surface area contributed by atoms with E-state index in [0.717, 1.165) is 13.1 Å². The number of hydrogen-bond donors (Lipinski definition) is 1. The molecule has 0 saturated carbocycles. The van der Waals surface area contributed by atoms with Crippen LogP contribution in [0.15, 0.2) is 42.7 Å². The molecule has 0 spiro atoms. The highest BCUT2D eigenvalue weighted by molar-refractivity contribution is 5.32. The van der Waals surface area contributed by atoms with Crippen LogP contribution in [0.1, 0.15) is 35.2 Å². The third kappa shape index (κ3) is 3.90. The summed E-state index contributed by atoms with van der Waals surface area (Å²) in [6.07, 6.45) is 3.69. The molecule has 0 aliphatic heterocycles. The first-order chi connectivity index (χ1) is 10.2. The Kier molecular flexibility index (Phi) is 5.48. The number of pyridine rings is 1. The van der Waals surface area contributed by atoms with E-state index in [2.05, 4.69) is 61.0 Å². The highest BCUT2D eigenvalue weighted by atomic mass is 15.2. The molecule has 1 aromatic carbocycles. The van der Waals surface area contributed by atoms with Gasteiger partial charge in [0.15, 0.2) is 0 Å². The van der Waals surface area contributed by atoms with Crippen LogP contribution < -0.4 is 5.73 Å². The van der Waals surface area contributed by atoms with Crippen molar-refractivity contribution < 1.29 is 0 Å². The lowest BCUT2D eigenvalue weighted by Gasteiger charge is -2.30. The minimum absolute atomic E-state index is 0.252. The third-order valence-electron chi connectivity index (χ3n) is 4.12. The monoisotopic (exact) mass is 283 g/mol. The van der Waals surface area contributed by atoms with Gasteiger partial charge in [-0.15, -0.1) is 0 Å². The van der Waals surface area contributed by atoms with Crippen LogP contribution in [0.5, 0.6) is 0 Å². The molecule has 0 radical (unpaired) electrons. The normalized spacial score (nSPS) is 12.6. The van der Waals surface area contributed by atoms with Gasteiger partial charge in [0.1, 0.15) is 0 Å². The Balaban J connectivity index is 2.22. The molecule has 3 nitrogen and oxygen atoms in total. The van der Waals surface area contributed by atoms with E-state index in [1.807, 2.05) is 12.4 Å². The van der Waals surface area contributed by atoms with Crippen molar-refractivity contribution in [2.45, 2.75) is 33.4 Å². The SMILES string of the molecule is CCN(Cc1ccncc1)C(CN)c1ccc(C)c(C)c1. The lowest BCUT2D eigenvalue weighted by Crippen LogP contribution is -2.33. The first kappa shape index (κ1) is 15.7. The maximum atomic E-state index is 6.07. The molecule has 0 aliphatic carbocycles. The smallest absolute Gasteiger partial charge is 0.0473 e. The van der Waals surface area contributed by atoms with Gasteiger partial charge >= 0.3 is 0 Å². The maximum absolute atomic E-state index is 6.07. The molecular weight excluding hydrogens is 258 g/mol. The molecule has 2 aromatic rings. The summed E-state index contributed by atoms with van der Waals surface area (Å²) >= 11 is 0. The second kappa shape index (κ2) is 7.34. The molecule has 0 saturated heterocycles. The third-order valence-corrected chi connectivity index (χ3v) is 4.12. The molecule has 0 aliphatic rings. The summed E-state index contributed by atoms with van der Waals surface area (Å²) < 4.78 is 0. The topological polar surface area (TPSA) is 42.2 Å². The Hall–Kier alpha value is -1.71. The van der Waals surface area contributed by atoms with Crippen LogP contribution in [0.25, 0.3) is 0 Å². The van der Waals surface area contributed by atoms with Crippen LogP contribution in [0, 0.1) is 13.8 Å². The molecule has 3 heteroatoms. The molecule has 21 heavy (non-hydrogen) atoms. The predicted octanol–water partition coefficient (Wildman–Crippen LogP) is 3.22. The van der Waals surface area contributed by atoms with Crippen LogP contribution in [0.3, 0.4) is 0 Å². The molecule has 0 amide bonds. The lowest BCUT2D eigenvalue weighted by atomic mass is 9.99. The van der Waals surface area contributed by atoms with Crippen LogP contribution in [-0.2, 0) is 6.54 Å². The van der Waals surface area contributed by atoms with Crippen molar-refractivity contribution >= 4 is 0 Å². The zero-order valence-electron chi connectivity index (χ0n) is 13.2. The highest BCUT2D eigenvalue weighted by Gasteiger charge is 2.18. The Morgan fingerprint density at radius 2 is 1.81 bits per heavy atom. The summed E-state index contributed by atoms with van der Waals surface area (Å²) in [5, 5.41) is 0. The first-order valence-corrected chi connectivity index (χ1v) is 7.55.